The van der Waals surface area contributed by atoms with E-state index in [0.717, 1.165) is 44.1 Å². The first kappa shape index (κ1) is 37.1. The van der Waals surface area contributed by atoms with Crippen LogP contribution in [0.3, 0.4) is 0 Å². The Balaban J connectivity index is 1.23. The highest BCUT2D eigenvalue weighted by atomic mass is 16.5. The number of nitrogens with zero attached hydrogens (tertiary/aromatic N) is 1. The Morgan fingerprint density at radius 1 is 0.920 bits per heavy atom. The lowest BCUT2D eigenvalue weighted by atomic mass is 9.32. The number of esters is 1. The molecule has 5 aliphatic carbocycles. The van der Waals surface area contributed by atoms with E-state index in [9.17, 15) is 19.5 Å². The van der Waals surface area contributed by atoms with Gasteiger partial charge in [-0.2, -0.15) is 0 Å². The maximum Gasteiger partial charge on any atom is 0.309 e. The van der Waals surface area contributed by atoms with Gasteiger partial charge in [-0.1, -0.05) is 46.8 Å². The van der Waals surface area contributed by atoms with Crippen LogP contribution in [0.1, 0.15) is 138 Å². The number of rotatable bonds is 9. The maximum atomic E-state index is 13.7. The van der Waals surface area contributed by atoms with Crippen molar-refractivity contribution in [2.45, 2.75) is 145 Å². The lowest BCUT2D eigenvalue weighted by Gasteiger charge is -2.73. The van der Waals surface area contributed by atoms with Crippen LogP contribution in [0.4, 0.5) is 0 Å². The van der Waals surface area contributed by atoms with Gasteiger partial charge in [-0.15, -0.1) is 0 Å². The van der Waals surface area contributed by atoms with E-state index in [-0.39, 0.29) is 45.5 Å². The summed E-state index contributed by atoms with van der Waals surface area (Å²) < 4.78 is 6.17. The molecule has 0 aromatic carbocycles. The third kappa shape index (κ3) is 5.85. The molecule has 7 nitrogen and oxygen atoms in total. The minimum Gasteiger partial charge on any atom is -0.481 e. The van der Waals surface area contributed by atoms with E-state index in [0.29, 0.717) is 42.6 Å². The van der Waals surface area contributed by atoms with E-state index in [1.54, 1.807) is 26.2 Å². The molecule has 10 atom stereocenters. The molecular weight excluding hydrogens is 624 g/mol. The number of carbonyl (C=O) groups is 3. The zero-order valence-corrected chi connectivity index (χ0v) is 32.2. The normalized spacial score (nSPS) is 40.3. The molecule has 50 heavy (non-hydrogen) atoms. The molecule has 1 aromatic heterocycles. The predicted octanol–water partition coefficient (Wildman–Crippen LogP) is 9.16. The minimum atomic E-state index is -1.14. The molecule has 0 aliphatic heterocycles. The summed E-state index contributed by atoms with van der Waals surface area (Å²) in [7, 11) is 0. The highest BCUT2D eigenvalue weighted by Gasteiger charge is 2.71. The van der Waals surface area contributed by atoms with Gasteiger partial charge in [-0.25, -0.2) is 0 Å². The third-order valence-corrected chi connectivity index (χ3v) is 16.4. The molecule has 276 valence electrons. The highest BCUT2D eigenvalue weighted by Crippen LogP contribution is 2.78. The second kappa shape index (κ2) is 12.8. The molecule has 0 radical (unpaired) electrons. The molecule has 5 saturated carbocycles. The Morgan fingerprint density at radius 3 is 2.28 bits per heavy atom. The monoisotopic (exact) mass is 688 g/mol. The summed E-state index contributed by atoms with van der Waals surface area (Å²) in [5.41, 5.74) is 1.56. The van der Waals surface area contributed by atoms with Gasteiger partial charge in [-0.05, 0) is 154 Å². The van der Waals surface area contributed by atoms with Crippen LogP contribution < -0.4 is 5.32 Å². The molecule has 5 fully saturated rings. The molecule has 0 saturated heterocycles. The molecule has 1 amide bonds. The Labute approximate surface area is 301 Å². The molecule has 6 rings (SSSR count). The molecule has 7 heteroatoms. The van der Waals surface area contributed by atoms with Gasteiger partial charge in [-0.3, -0.25) is 19.4 Å². The fraction of sp³-hybridized carbons (Fsp3) is 0.767. The number of fused-ring (bicyclic) bond motifs is 7. The number of ether oxygens (including phenoxy) is 1. The van der Waals surface area contributed by atoms with Crippen molar-refractivity contribution in [3.63, 3.8) is 0 Å². The zero-order chi connectivity index (χ0) is 36.5. The van der Waals surface area contributed by atoms with Gasteiger partial charge in [0.05, 0.1) is 11.8 Å². The van der Waals surface area contributed by atoms with Crippen molar-refractivity contribution in [1.29, 1.82) is 0 Å². The lowest BCUT2D eigenvalue weighted by Crippen LogP contribution is -2.67. The summed E-state index contributed by atoms with van der Waals surface area (Å²) in [5, 5.41) is 12.9. The van der Waals surface area contributed by atoms with Crippen LogP contribution in [0.5, 0.6) is 0 Å². The molecule has 0 spiro atoms. The van der Waals surface area contributed by atoms with Gasteiger partial charge in [0, 0.05) is 30.8 Å². The van der Waals surface area contributed by atoms with Crippen LogP contribution in [-0.4, -0.2) is 34.0 Å². The number of aromatic nitrogens is 1. The average molecular weight is 689 g/mol. The van der Waals surface area contributed by atoms with Crippen LogP contribution in [0.25, 0.3) is 0 Å². The predicted molar refractivity (Wildman–Crippen MR) is 196 cm³/mol. The zero-order valence-electron chi connectivity index (χ0n) is 32.2. The summed E-state index contributed by atoms with van der Waals surface area (Å²) in [6.45, 7) is 22.9. The molecule has 2 N–H and O–H groups in total. The Hall–Kier alpha value is -2.70. The topological polar surface area (TPSA) is 106 Å². The molecule has 1 heterocycles. The van der Waals surface area contributed by atoms with Crippen LogP contribution in [0.15, 0.2) is 36.7 Å². The van der Waals surface area contributed by atoms with E-state index in [1.807, 2.05) is 12.1 Å². The first-order valence-electron chi connectivity index (χ1n) is 19.5. The van der Waals surface area contributed by atoms with Gasteiger partial charge in [0.15, 0.2) is 0 Å². The van der Waals surface area contributed by atoms with Crippen molar-refractivity contribution in [3.8, 4) is 0 Å². The van der Waals surface area contributed by atoms with E-state index in [4.69, 9.17) is 4.74 Å². The number of nitrogens with one attached hydrogen (secondary N) is 1. The first-order chi connectivity index (χ1) is 23.3. The highest BCUT2D eigenvalue weighted by molar-refractivity contribution is 5.81. The third-order valence-electron chi connectivity index (χ3n) is 16.4. The fourth-order valence-corrected chi connectivity index (χ4v) is 13.5. The van der Waals surface area contributed by atoms with Crippen molar-refractivity contribution in [2.24, 2.45) is 62.1 Å². The Kier molecular flexibility index (Phi) is 9.46. The lowest BCUT2D eigenvalue weighted by molar-refractivity contribution is -0.250. The smallest absolute Gasteiger partial charge is 0.309 e. The number of amides is 1. The Morgan fingerprint density at radius 2 is 1.62 bits per heavy atom. The van der Waals surface area contributed by atoms with Crippen molar-refractivity contribution in [2.75, 3.05) is 0 Å². The first-order valence-corrected chi connectivity index (χ1v) is 19.5. The minimum absolute atomic E-state index is 0.0273. The number of hydrogen-bond acceptors (Lipinski definition) is 5. The van der Waals surface area contributed by atoms with Crippen molar-refractivity contribution in [3.05, 3.63) is 42.2 Å². The number of pyridine rings is 1. The second-order valence-electron chi connectivity index (χ2n) is 19.6. The van der Waals surface area contributed by atoms with E-state index >= 15 is 0 Å². The molecular formula is C43H64N2O5. The number of hydrogen-bond donors (Lipinski definition) is 2. The quantitative estimate of drug-likeness (QED) is 0.198. The van der Waals surface area contributed by atoms with Crippen molar-refractivity contribution < 1.29 is 24.2 Å². The van der Waals surface area contributed by atoms with Gasteiger partial charge in [0.25, 0.3) is 0 Å². The van der Waals surface area contributed by atoms with Crippen LogP contribution in [-0.2, 0) is 25.7 Å². The van der Waals surface area contributed by atoms with Gasteiger partial charge in [0.2, 0.25) is 5.91 Å². The fourth-order valence-electron chi connectivity index (χ4n) is 13.5. The van der Waals surface area contributed by atoms with Gasteiger partial charge >= 0.3 is 11.9 Å². The summed E-state index contributed by atoms with van der Waals surface area (Å²) >= 11 is 0. The maximum absolute atomic E-state index is 13.7. The second-order valence-corrected chi connectivity index (χ2v) is 19.6. The number of allylic oxidation sites excluding steroid dienone is 1. The van der Waals surface area contributed by atoms with Gasteiger partial charge in [0.1, 0.15) is 6.10 Å². The SMILES string of the molecule is C=C(C)[C@@H]1CC[C@]2(CC(=O)NCc3ccncc3)CC[C@]3(C)[C@H](CC[C@@H]4[C@@]5(C)CC[C@H](OC(=O)CC(C)(C)C(=O)O)C(C)(C)[C@@H]5CC[C@]43C)[C@@H]12. The molecule has 5 aliphatic rings. The van der Waals surface area contributed by atoms with E-state index < -0.39 is 17.4 Å². The van der Waals surface area contributed by atoms with Crippen LogP contribution >= 0.6 is 0 Å². The largest absolute Gasteiger partial charge is 0.481 e. The van der Waals surface area contributed by atoms with E-state index in [2.05, 4.69) is 58.4 Å². The van der Waals surface area contributed by atoms with Crippen molar-refractivity contribution in [1.82, 2.24) is 10.3 Å². The van der Waals surface area contributed by atoms with Crippen molar-refractivity contribution >= 4 is 17.8 Å². The van der Waals surface area contributed by atoms with E-state index in [1.165, 1.54) is 31.3 Å². The number of carbonyl (C=O) groups excluding carboxylic acids is 2. The number of carboxylic acids is 1. The molecule has 1 aromatic rings. The molecule has 0 unspecified atom stereocenters. The van der Waals surface area contributed by atoms with Gasteiger partial charge < -0.3 is 15.2 Å². The summed E-state index contributed by atoms with van der Waals surface area (Å²) in [6.07, 6.45) is 14.9. The van der Waals surface area contributed by atoms with Crippen LogP contribution in [0.2, 0.25) is 0 Å². The average Bonchev–Trinajstić information content (AvgIpc) is 3.41. The molecule has 0 bridgehead atoms. The summed E-state index contributed by atoms with van der Waals surface area (Å²) in [6, 6.07) is 3.94. The summed E-state index contributed by atoms with van der Waals surface area (Å²) in [5.74, 6) is 1.33. The number of aliphatic carboxylic acids is 1. The Bertz CT molecular complexity index is 1500. The standard InChI is InChI=1S/C43H64N2O5/c1-27(2)29-12-19-43(24-34(46)45-26-28-15-22-44-23-16-28)21-20-41(8)30(36(29)43)10-11-32-40(7)17-14-33(50-35(47)25-38(3,4)37(48)49)39(5,6)31(40)13-18-42(32,41)9/h15-16,22-23,29-33,36H,1,10-14,17-21,24-26H2,2-9H3,(H,45,46)(H,48,49)/t29-,30+,31-,32+,33-,36+,40-,41+,42+,43+/m0/s1. The summed E-state index contributed by atoms with van der Waals surface area (Å²) in [4.78, 5) is 42.6. The van der Waals surface area contributed by atoms with Crippen LogP contribution in [0, 0.1) is 62.1 Å². The number of carboxylic acid groups (broad SMARTS) is 1.